The van der Waals surface area contributed by atoms with Crippen molar-refractivity contribution in [2.75, 3.05) is 66.0 Å². The molecule has 1 aliphatic rings. The van der Waals surface area contributed by atoms with Crippen molar-refractivity contribution in [3.8, 4) is 0 Å². The number of rotatable bonds is 7. The summed E-state index contributed by atoms with van der Waals surface area (Å²) in [6, 6.07) is 0. The summed E-state index contributed by atoms with van der Waals surface area (Å²) >= 11 is 0. The van der Waals surface area contributed by atoms with E-state index < -0.39 is 0 Å². The first-order valence-corrected chi connectivity index (χ1v) is 7.25. The fourth-order valence-electron chi connectivity index (χ4n) is 2.36. The second kappa shape index (κ2) is 8.47. The minimum absolute atomic E-state index is 0.133. The average Bonchev–Trinajstić information content (AvgIpc) is 2.39. The molecule has 6 heteroatoms. The van der Waals surface area contributed by atoms with Crippen LogP contribution in [0.1, 0.15) is 13.8 Å². The number of piperazine rings is 1. The summed E-state index contributed by atoms with van der Waals surface area (Å²) in [6.07, 6.45) is 0. The van der Waals surface area contributed by atoms with E-state index in [0.717, 1.165) is 52.4 Å². The van der Waals surface area contributed by atoms with Crippen LogP contribution in [0.5, 0.6) is 0 Å². The molecule has 0 aromatic rings. The lowest BCUT2D eigenvalue weighted by Gasteiger charge is -2.36. The average molecular weight is 271 g/mol. The van der Waals surface area contributed by atoms with Gasteiger partial charge in [-0.05, 0) is 13.1 Å². The van der Waals surface area contributed by atoms with Crippen molar-refractivity contribution in [2.24, 2.45) is 5.84 Å². The van der Waals surface area contributed by atoms with Gasteiger partial charge in [0.2, 0.25) is 5.91 Å². The smallest absolute Gasteiger partial charge is 0.238 e. The first kappa shape index (κ1) is 16.4. The molecule has 1 heterocycles. The molecule has 0 unspecified atom stereocenters. The summed E-state index contributed by atoms with van der Waals surface area (Å²) in [5.74, 6) is 5.64. The van der Waals surface area contributed by atoms with Crippen LogP contribution in [0.4, 0.5) is 0 Å². The molecule has 1 amide bonds. The lowest BCUT2D eigenvalue weighted by atomic mass is 10.3. The SMILES string of the molecule is CCN(CC)CCN1CCN(C(=O)CN(C)N)CC1. The fourth-order valence-corrected chi connectivity index (χ4v) is 2.36. The van der Waals surface area contributed by atoms with Crippen LogP contribution in [0.3, 0.4) is 0 Å². The summed E-state index contributed by atoms with van der Waals surface area (Å²) < 4.78 is 0. The van der Waals surface area contributed by atoms with Gasteiger partial charge in [-0.25, -0.2) is 5.01 Å². The molecular weight excluding hydrogens is 242 g/mol. The molecule has 112 valence electrons. The monoisotopic (exact) mass is 271 g/mol. The van der Waals surface area contributed by atoms with Gasteiger partial charge in [0.15, 0.2) is 0 Å². The molecule has 0 aliphatic carbocycles. The number of hydrazine groups is 1. The van der Waals surface area contributed by atoms with Gasteiger partial charge in [0.25, 0.3) is 0 Å². The van der Waals surface area contributed by atoms with Gasteiger partial charge in [0, 0.05) is 46.3 Å². The first-order chi connectivity index (χ1) is 9.06. The Labute approximate surface area is 117 Å². The molecule has 0 spiro atoms. The molecule has 19 heavy (non-hydrogen) atoms. The van der Waals surface area contributed by atoms with E-state index in [9.17, 15) is 4.79 Å². The van der Waals surface area contributed by atoms with E-state index in [-0.39, 0.29) is 5.91 Å². The highest BCUT2D eigenvalue weighted by atomic mass is 16.2. The van der Waals surface area contributed by atoms with Crippen LogP contribution in [0.2, 0.25) is 0 Å². The van der Waals surface area contributed by atoms with Gasteiger partial charge in [-0.15, -0.1) is 0 Å². The normalized spacial score (nSPS) is 17.5. The molecule has 1 saturated heterocycles. The van der Waals surface area contributed by atoms with Crippen molar-refractivity contribution in [1.29, 1.82) is 0 Å². The molecule has 0 aromatic heterocycles. The number of likely N-dealkylation sites (N-methyl/N-ethyl adjacent to an activating group) is 2. The Morgan fingerprint density at radius 3 is 2.21 bits per heavy atom. The molecule has 0 atom stereocenters. The van der Waals surface area contributed by atoms with Crippen molar-refractivity contribution in [2.45, 2.75) is 13.8 Å². The maximum Gasteiger partial charge on any atom is 0.238 e. The second-order valence-corrected chi connectivity index (χ2v) is 5.16. The number of carbonyl (C=O) groups is 1. The van der Waals surface area contributed by atoms with Crippen molar-refractivity contribution in [3.05, 3.63) is 0 Å². The van der Waals surface area contributed by atoms with E-state index in [0.29, 0.717) is 6.54 Å². The Morgan fingerprint density at radius 2 is 1.74 bits per heavy atom. The van der Waals surface area contributed by atoms with E-state index >= 15 is 0 Å². The predicted molar refractivity (Wildman–Crippen MR) is 77.6 cm³/mol. The zero-order valence-electron chi connectivity index (χ0n) is 12.6. The number of hydrogen-bond acceptors (Lipinski definition) is 5. The Balaban J connectivity index is 2.23. The van der Waals surface area contributed by atoms with Gasteiger partial charge in [0.05, 0.1) is 6.54 Å². The molecule has 6 nitrogen and oxygen atoms in total. The molecular formula is C13H29N5O. The van der Waals surface area contributed by atoms with Crippen molar-refractivity contribution in [3.63, 3.8) is 0 Å². The van der Waals surface area contributed by atoms with Crippen molar-refractivity contribution < 1.29 is 4.79 Å². The van der Waals surface area contributed by atoms with Crippen LogP contribution in [0, 0.1) is 0 Å². The zero-order chi connectivity index (χ0) is 14.3. The number of nitrogens with two attached hydrogens (primary N) is 1. The quantitative estimate of drug-likeness (QED) is 0.489. The Bertz CT molecular complexity index is 260. The third kappa shape index (κ3) is 5.86. The Kier molecular flexibility index (Phi) is 7.30. The fraction of sp³-hybridized carbons (Fsp3) is 0.923. The highest BCUT2D eigenvalue weighted by Crippen LogP contribution is 2.02. The molecule has 1 rings (SSSR count). The highest BCUT2D eigenvalue weighted by Gasteiger charge is 2.21. The van der Waals surface area contributed by atoms with E-state index in [2.05, 4.69) is 23.6 Å². The summed E-state index contributed by atoms with van der Waals surface area (Å²) in [5.41, 5.74) is 0. The number of hydrogen-bond donors (Lipinski definition) is 1. The standard InChI is InChI=1S/C13H29N5O/c1-4-16(5-2)6-7-17-8-10-18(11-9-17)13(19)12-15(3)14/h4-12,14H2,1-3H3. The first-order valence-electron chi connectivity index (χ1n) is 7.25. The molecule has 0 radical (unpaired) electrons. The number of amides is 1. The number of carbonyl (C=O) groups excluding carboxylic acids is 1. The number of nitrogens with zero attached hydrogens (tertiary/aromatic N) is 4. The highest BCUT2D eigenvalue weighted by molar-refractivity contribution is 5.78. The van der Waals surface area contributed by atoms with Crippen LogP contribution < -0.4 is 5.84 Å². The van der Waals surface area contributed by atoms with Crippen molar-refractivity contribution >= 4 is 5.91 Å². The largest absolute Gasteiger partial charge is 0.339 e. The van der Waals surface area contributed by atoms with Gasteiger partial charge < -0.3 is 9.80 Å². The van der Waals surface area contributed by atoms with Crippen LogP contribution in [0.25, 0.3) is 0 Å². The van der Waals surface area contributed by atoms with E-state index in [1.54, 1.807) is 7.05 Å². The van der Waals surface area contributed by atoms with Crippen LogP contribution in [-0.2, 0) is 4.79 Å². The van der Waals surface area contributed by atoms with E-state index in [4.69, 9.17) is 5.84 Å². The lowest BCUT2D eigenvalue weighted by Crippen LogP contribution is -2.52. The van der Waals surface area contributed by atoms with Gasteiger partial charge >= 0.3 is 0 Å². The summed E-state index contributed by atoms with van der Waals surface area (Å²) in [4.78, 5) is 18.6. The molecule has 0 bridgehead atoms. The minimum atomic E-state index is 0.133. The van der Waals surface area contributed by atoms with E-state index in [1.165, 1.54) is 5.01 Å². The Hall–Kier alpha value is -0.690. The summed E-state index contributed by atoms with van der Waals surface area (Å²) in [7, 11) is 1.72. The topological polar surface area (TPSA) is 56.0 Å². The molecule has 0 saturated carbocycles. The minimum Gasteiger partial charge on any atom is -0.339 e. The maximum absolute atomic E-state index is 11.9. The van der Waals surface area contributed by atoms with Crippen molar-refractivity contribution in [1.82, 2.24) is 19.7 Å². The van der Waals surface area contributed by atoms with Gasteiger partial charge in [-0.3, -0.25) is 15.5 Å². The summed E-state index contributed by atoms with van der Waals surface area (Å²) in [6.45, 7) is 12.7. The lowest BCUT2D eigenvalue weighted by molar-refractivity contribution is -0.133. The molecule has 0 aromatic carbocycles. The van der Waals surface area contributed by atoms with Crippen LogP contribution in [-0.4, -0.2) is 91.6 Å². The molecule has 2 N–H and O–H groups in total. The van der Waals surface area contributed by atoms with Gasteiger partial charge in [-0.2, -0.15) is 0 Å². The molecule has 1 aliphatic heterocycles. The Morgan fingerprint density at radius 1 is 1.16 bits per heavy atom. The van der Waals surface area contributed by atoms with Crippen LogP contribution >= 0.6 is 0 Å². The third-order valence-electron chi connectivity index (χ3n) is 3.74. The second-order valence-electron chi connectivity index (χ2n) is 5.16. The van der Waals surface area contributed by atoms with Gasteiger partial charge in [0.1, 0.15) is 0 Å². The van der Waals surface area contributed by atoms with Gasteiger partial charge in [-0.1, -0.05) is 13.8 Å². The van der Waals surface area contributed by atoms with Crippen LogP contribution in [0.15, 0.2) is 0 Å². The predicted octanol–water partition coefficient (Wildman–Crippen LogP) is -0.722. The maximum atomic E-state index is 11.9. The molecule has 1 fully saturated rings. The van der Waals surface area contributed by atoms with E-state index in [1.807, 2.05) is 4.90 Å². The third-order valence-corrected chi connectivity index (χ3v) is 3.74. The zero-order valence-corrected chi connectivity index (χ0v) is 12.6. The summed E-state index contributed by atoms with van der Waals surface area (Å²) in [5, 5.41) is 1.44.